The van der Waals surface area contributed by atoms with Crippen molar-refractivity contribution < 1.29 is 19.0 Å². The molecule has 1 heterocycles. The summed E-state index contributed by atoms with van der Waals surface area (Å²) in [5.74, 6) is -2.27. The minimum Gasteiger partial charge on any atom is -0.478 e. The summed E-state index contributed by atoms with van der Waals surface area (Å²) in [5.41, 5.74) is -0.403. The SMILES string of the molecule is C=CCCOCCNc1nccc(C(=O)O)c1F. The van der Waals surface area contributed by atoms with Crippen LogP contribution >= 0.6 is 0 Å². The number of carboxylic acid groups (broad SMARTS) is 1. The molecule has 0 aromatic carbocycles. The molecule has 0 saturated carbocycles. The first kappa shape index (κ1) is 14.1. The van der Waals surface area contributed by atoms with Gasteiger partial charge in [-0.2, -0.15) is 0 Å². The molecule has 0 aliphatic heterocycles. The summed E-state index contributed by atoms with van der Waals surface area (Å²) in [5, 5.41) is 11.4. The fraction of sp³-hybridized carbons (Fsp3) is 0.333. The summed E-state index contributed by atoms with van der Waals surface area (Å²) in [4.78, 5) is 14.4. The van der Waals surface area contributed by atoms with Gasteiger partial charge in [0.25, 0.3) is 0 Å². The second kappa shape index (κ2) is 7.39. The molecule has 18 heavy (non-hydrogen) atoms. The molecule has 98 valence electrons. The van der Waals surface area contributed by atoms with Crippen molar-refractivity contribution in [3.63, 3.8) is 0 Å². The maximum absolute atomic E-state index is 13.6. The first-order chi connectivity index (χ1) is 8.66. The molecular weight excluding hydrogens is 239 g/mol. The molecule has 0 atom stereocenters. The Morgan fingerprint density at radius 2 is 2.39 bits per heavy atom. The lowest BCUT2D eigenvalue weighted by atomic mass is 10.2. The minimum atomic E-state index is -1.32. The average molecular weight is 254 g/mol. The molecule has 0 aliphatic carbocycles. The summed E-state index contributed by atoms with van der Waals surface area (Å²) >= 11 is 0. The normalized spacial score (nSPS) is 10.1. The van der Waals surface area contributed by atoms with E-state index in [9.17, 15) is 9.18 Å². The summed E-state index contributed by atoms with van der Waals surface area (Å²) < 4.78 is 18.8. The fourth-order valence-corrected chi connectivity index (χ4v) is 1.24. The van der Waals surface area contributed by atoms with E-state index in [0.717, 1.165) is 12.5 Å². The van der Waals surface area contributed by atoms with E-state index < -0.39 is 17.3 Å². The Kier molecular flexibility index (Phi) is 5.79. The molecular formula is C12H15FN2O3. The standard InChI is InChI=1S/C12H15FN2O3/c1-2-3-7-18-8-6-15-11-10(13)9(12(16)17)4-5-14-11/h2,4-5H,1,3,6-8H2,(H,14,15)(H,16,17). The first-order valence-corrected chi connectivity index (χ1v) is 5.47. The van der Waals surface area contributed by atoms with Crippen molar-refractivity contribution in [3.8, 4) is 0 Å². The van der Waals surface area contributed by atoms with Gasteiger partial charge >= 0.3 is 5.97 Å². The summed E-state index contributed by atoms with van der Waals surface area (Å²) in [6, 6.07) is 1.11. The quantitative estimate of drug-likeness (QED) is 0.548. The van der Waals surface area contributed by atoms with Gasteiger partial charge in [-0.1, -0.05) is 6.08 Å². The number of anilines is 1. The lowest BCUT2D eigenvalue weighted by Crippen LogP contribution is -2.13. The number of nitrogens with zero attached hydrogens (tertiary/aromatic N) is 1. The van der Waals surface area contributed by atoms with Crippen molar-refractivity contribution in [2.45, 2.75) is 6.42 Å². The minimum absolute atomic E-state index is 0.0813. The van der Waals surface area contributed by atoms with Crippen molar-refractivity contribution >= 4 is 11.8 Å². The average Bonchev–Trinajstić information content (AvgIpc) is 2.35. The highest BCUT2D eigenvalue weighted by Crippen LogP contribution is 2.14. The highest BCUT2D eigenvalue weighted by molar-refractivity contribution is 5.88. The molecule has 0 saturated heterocycles. The number of hydrogen-bond donors (Lipinski definition) is 2. The predicted molar refractivity (Wildman–Crippen MR) is 65.3 cm³/mol. The Morgan fingerprint density at radius 3 is 3.06 bits per heavy atom. The van der Waals surface area contributed by atoms with Crippen LogP contribution in [0.2, 0.25) is 0 Å². The van der Waals surface area contributed by atoms with Crippen LogP contribution in [0.15, 0.2) is 24.9 Å². The maximum Gasteiger partial charge on any atom is 0.338 e. The first-order valence-electron chi connectivity index (χ1n) is 5.47. The van der Waals surface area contributed by atoms with Gasteiger partial charge in [0.2, 0.25) is 0 Å². The van der Waals surface area contributed by atoms with Gasteiger partial charge in [0.1, 0.15) is 5.56 Å². The Labute approximate surface area is 104 Å². The van der Waals surface area contributed by atoms with Crippen LogP contribution in [0.25, 0.3) is 0 Å². The third-order valence-corrected chi connectivity index (χ3v) is 2.12. The van der Waals surface area contributed by atoms with Crippen molar-refractivity contribution in [2.75, 3.05) is 25.1 Å². The Bertz CT molecular complexity index is 424. The van der Waals surface area contributed by atoms with Gasteiger partial charge in [0, 0.05) is 12.7 Å². The second-order valence-electron chi connectivity index (χ2n) is 3.44. The summed E-state index contributed by atoms with van der Waals surface area (Å²) in [6.07, 6.45) is 3.74. The number of aromatic nitrogens is 1. The fourth-order valence-electron chi connectivity index (χ4n) is 1.24. The molecule has 1 aromatic heterocycles. The van der Waals surface area contributed by atoms with Crippen LogP contribution in [0.3, 0.4) is 0 Å². The Balaban J connectivity index is 2.45. The molecule has 2 N–H and O–H groups in total. The van der Waals surface area contributed by atoms with E-state index in [0.29, 0.717) is 19.8 Å². The van der Waals surface area contributed by atoms with Gasteiger partial charge in [-0.15, -0.1) is 6.58 Å². The molecule has 0 radical (unpaired) electrons. The molecule has 0 fully saturated rings. The van der Waals surface area contributed by atoms with Crippen LogP contribution in [0.4, 0.5) is 10.2 Å². The van der Waals surface area contributed by atoms with Gasteiger partial charge in [-0.05, 0) is 12.5 Å². The largest absolute Gasteiger partial charge is 0.478 e. The lowest BCUT2D eigenvalue weighted by molar-refractivity contribution is 0.0692. The van der Waals surface area contributed by atoms with Gasteiger partial charge in [0.05, 0.1) is 13.2 Å². The molecule has 5 nitrogen and oxygen atoms in total. The number of carbonyl (C=O) groups is 1. The number of ether oxygens (including phenoxy) is 1. The molecule has 0 aliphatic rings. The van der Waals surface area contributed by atoms with Gasteiger partial charge < -0.3 is 15.2 Å². The number of halogens is 1. The molecule has 0 spiro atoms. The van der Waals surface area contributed by atoms with E-state index in [4.69, 9.17) is 9.84 Å². The molecule has 0 amide bonds. The summed E-state index contributed by atoms with van der Waals surface area (Å²) in [6.45, 7) is 4.84. The molecule has 0 bridgehead atoms. The van der Waals surface area contributed by atoms with Crippen molar-refractivity contribution in [3.05, 3.63) is 36.3 Å². The van der Waals surface area contributed by atoms with E-state index in [1.54, 1.807) is 6.08 Å². The van der Waals surface area contributed by atoms with Crippen LogP contribution in [0.1, 0.15) is 16.8 Å². The maximum atomic E-state index is 13.6. The Hall–Kier alpha value is -1.95. The van der Waals surface area contributed by atoms with Gasteiger partial charge in [0.15, 0.2) is 11.6 Å². The Morgan fingerprint density at radius 1 is 1.61 bits per heavy atom. The smallest absolute Gasteiger partial charge is 0.338 e. The zero-order chi connectivity index (χ0) is 13.4. The number of pyridine rings is 1. The molecule has 6 heteroatoms. The van der Waals surface area contributed by atoms with Crippen LogP contribution in [0, 0.1) is 5.82 Å². The monoisotopic (exact) mass is 254 g/mol. The van der Waals surface area contributed by atoms with Gasteiger partial charge in [-0.3, -0.25) is 0 Å². The highest BCUT2D eigenvalue weighted by Gasteiger charge is 2.14. The van der Waals surface area contributed by atoms with Crippen LogP contribution in [0.5, 0.6) is 0 Å². The number of nitrogens with one attached hydrogen (secondary N) is 1. The van der Waals surface area contributed by atoms with Crippen LogP contribution in [-0.4, -0.2) is 35.8 Å². The van der Waals surface area contributed by atoms with Crippen molar-refractivity contribution in [1.29, 1.82) is 0 Å². The van der Waals surface area contributed by atoms with E-state index in [1.165, 1.54) is 6.20 Å². The van der Waals surface area contributed by atoms with Crippen LogP contribution < -0.4 is 5.32 Å². The summed E-state index contributed by atoms with van der Waals surface area (Å²) in [7, 11) is 0. The molecule has 1 aromatic rings. The van der Waals surface area contributed by atoms with E-state index in [1.807, 2.05) is 0 Å². The van der Waals surface area contributed by atoms with E-state index in [2.05, 4.69) is 16.9 Å². The van der Waals surface area contributed by atoms with E-state index in [-0.39, 0.29) is 5.82 Å². The van der Waals surface area contributed by atoms with E-state index >= 15 is 0 Å². The van der Waals surface area contributed by atoms with Crippen molar-refractivity contribution in [1.82, 2.24) is 4.98 Å². The number of aromatic carboxylic acids is 1. The topological polar surface area (TPSA) is 71.5 Å². The zero-order valence-corrected chi connectivity index (χ0v) is 9.86. The van der Waals surface area contributed by atoms with Crippen molar-refractivity contribution in [2.24, 2.45) is 0 Å². The third-order valence-electron chi connectivity index (χ3n) is 2.12. The number of hydrogen-bond acceptors (Lipinski definition) is 4. The molecule has 0 unspecified atom stereocenters. The van der Waals surface area contributed by atoms with Crippen LogP contribution in [-0.2, 0) is 4.74 Å². The highest BCUT2D eigenvalue weighted by atomic mass is 19.1. The second-order valence-corrected chi connectivity index (χ2v) is 3.44. The lowest BCUT2D eigenvalue weighted by Gasteiger charge is -2.08. The molecule has 1 rings (SSSR count). The zero-order valence-electron chi connectivity index (χ0n) is 9.86. The number of rotatable bonds is 8. The number of carboxylic acids is 1. The predicted octanol–water partition coefficient (Wildman–Crippen LogP) is 1.92. The van der Waals surface area contributed by atoms with Gasteiger partial charge in [-0.25, -0.2) is 14.2 Å². The third kappa shape index (κ3) is 4.14.